The highest BCUT2D eigenvalue weighted by atomic mass is 16.5. The molecule has 2 aliphatic carbocycles. The van der Waals surface area contributed by atoms with Crippen LogP contribution in [0.3, 0.4) is 0 Å². The zero-order chi connectivity index (χ0) is 23.8. The Morgan fingerprint density at radius 3 is 2.26 bits per heavy atom. The van der Waals surface area contributed by atoms with Crippen LogP contribution in [0.5, 0.6) is 0 Å². The van der Waals surface area contributed by atoms with Gasteiger partial charge >= 0.3 is 12.1 Å². The normalized spacial score (nSPS) is 15.2. The van der Waals surface area contributed by atoms with E-state index >= 15 is 0 Å². The van der Waals surface area contributed by atoms with Crippen LogP contribution in [0, 0.1) is 5.92 Å². The molecule has 5 rings (SSSR count). The number of aromatic nitrogens is 2. The molecule has 0 spiro atoms. The number of anilines is 1. The summed E-state index contributed by atoms with van der Waals surface area (Å²) >= 11 is 0. The predicted octanol–water partition coefficient (Wildman–Crippen LogP) is 3.37. The van der Waals surface area contributed by atoms with E-state index in [2.05, 4.69) is 27.9 Å². The van der Waals surface area contributed by atoms with Crippen LogP contribution in [-0.2, 0) is 16.6 Å². The Morgan fingerprint density at radius 1 is 1.09 bits per heavy atom. The van der Waals surface area contributed by atoms with Crippen molar-refractivity contribution in [3.63, 3.8) is 0 Å². The Bertz CT molecular complexity index is 1230. The molecule has 3 aromatic rings. The van der Waals surface area contributed by atoms with Crippen molar-refractivity contribution in [2.45, 2.75) is 24.8 Å². The molecule has 2 aliphatic rings. The van der Waals surface area contributed by atoms with E-state index in [-0.39, 0.29) is 30.0 Å². The molecule has 2 amide bonds. The number of rotatable bonds is 7. The zero-order valence-corrected chi connectivity index (χ0v) is 18.5. The lowest BCUT2D eigenvalue weighted by molar-refractivity contribution is -0.118. The van der Waals surface area contributed by atoms with Crippen LogP contribution < -0.4 is 10.6 Å². The van der Waals surface area contributed by atoms with E-state index < -0.39 is 24.0 Å². The van der Waals surface area contributed by atoms with Gasteiger partial charge in [0.1, 0.15) is 18.5 Å². The Hall–Kier alpha value is -4.14. The van der Waals surface area contributed by atoms with Crippen LogP contribution in [0.25, 0.3) is 11.1 Å². The minimum Gasteiger partial charge on any atom is -0.476 e. The van der Waals surface area contributed by atoms with E-state index in [1.165, 1.54) is 17.8 Å². The molecule has 1 aromatic heterocycles. The second-order valence-corrected chi connectivity index (χ2v) is 8.62. The molecule has 0 aliphatic heterocycles. The molecule has 1 fully saturated rings. The highest BCUT2D eigenvalue weighted by molar-refractivity contribution is 5.97. The molecule has 174 valence electrons. The van der Waals surface area contributed by atoms with Crippen LogP contribution in [0.2, 0.25) is 0 Å². The number of aromatic carboxylic acids is 1. The molecule has 34 heavy (non-hydrogen) atoms. The summed E-state index contributed by atoms with van der Waals surface area (Å²) < 4.78 is 6.86. The second-order valence-electron chi connectivity index (χ2n) is 8.62. The third-order valence-electron chi connectivity index (χ3n) is 6.34. The van der Waals surface area contributed by atoms with Crippen molar-refractivity contribution >= 4 is 23.8 Å². The number of carboxylic acid groups (broad SMARTS) is 1. The summed E-state index contributed by atoms with van der Waals surface area (Å²) in [5.74, 6) is -1.45. The van der Waals surface area contributed by atoms with E-state index in [1.54, 1.807) is 0 Å². The number of carbonyl (C=O) groups is 3. The van der Waals surface area contributed by atoms with Gasteiger partial charge in [-0.15, -0.1) is 0 Å². The van der Waals surface area contributed by atoms with Gasteiger partial charge in [0.2, 0.25) is 5.91 Å². The van der Waals surface area contributed by atoms with Gasteiger partial charge in [-0.1, -0.05) is 48.5 Å². The maximum atomic E-state index is 12.9. The monoisotopic (exact) mass is 460 g/mol. The Balaban J connectivity index is 1.25. The summed E-state index contributed by atoms with van der Waals surface area (Å²) in [6.45, 7) is 0.155. The van der Waals surface area contributed by atoms with Crippen molar-refractivity contribution in [2.24, 2.45) is 13.0 Å². The van der Waals surface area contributed by atoms with Gasteiger partial charge in [-0.05, 0) is 41.0 Å². The molecule has 0 radical (unpaired) electrons. The molecule has 1 atom stereocenters. The van der Waals surface area contributed by atoms with Gasteiger partial charge in [-0.25, -0.2) is 9.59 Å². The SMILES string of the molecule is Cn1nc(C(=O)O)cc1NC(=O)C(NC(=O)OCC1c2ccccc2-c2ccccc21)C1CC1. The first-order valence-electron chi connectivity index (χ1n) is 11.1. The smallest absolute Gasteiger partial charge is 0.407 e. The largest absolute Gasteiger partial charge is 0.476 e. The maximum Gasteiger partial charge on any atom is 0.407 e. The highest BCUT2D eigenvalue weighted by Crippen LogP contribution is 2.44. The number of alkyl carbamates (subject to hydrolysis) is 1. The number of ether oxygens (including phenoxy) is 1. The third kappa shape index (κ3) is 4.12. The number of carboxylic acids is 1. The molecule has 2 aromatic carbocycles. The van der Waals surface area contributed by atoms with Gasteiger partial charge in [-0.2, -0.15) is 5.10 Å². The van der Waals surface area contributed by atoms with Crippen LogP contribution >= 0.6 is 0 Å². The number of amides is 2. The number of hydrogen-bond acceptors (Lipinski definition) is 5. The Labute approximate surface area is 195 Å². The molecular formula is C25H24N4O5. The topological polar surface area (TPSA) is 123 Å². The van der Waals surface area contributed by atoms with Crippen LogP contribution in [0.1, 0.15) is 40.4 Å². The number of nitrogens with one attached hydrogen (secondary N) is 2. The fourth-order valence-electron chi connectivity index (χ4n) is 4.49. The fraction of sp³-hybridized carbons (Fsp3) is 0.280. The Kier molecular flexibility index (Phi) is 5.53. The van der Waals surface area contributed by atoms with Crippen LogP contribution in [-0.4, -0.2) is 45.5 Å². The summed E-state index contributed by atoms with van der Waals surface area (Å²) in [6, 6.07) is 16.6. The van der Waals surface area contributed by atoms with Crippen molar-refractivity contribution in [1.29, 1.82) is 0 Å². The molecule has 1 unspecified atom stereocenters. The van der Waals surface area contributed by atoms with Crippen molar-refractivity contribution in [1.82, 2.24) is 15.1 Å². The lowest BCUT2D eigenvalue weighted by Gasteiger charge is -2.19. The average molecular weight is 460 g/mol. The minimum absolute atomic E-state index is 0.00709. The zero-order valence-electron chi connectivity index (χ0n) is 18.5. The summed E-state index contributed by atoms with van der Waals surface area (Å²) in [6.07, 6.45) is 0.964. The molecule has 0 bridgehead atoms. The van der Waals surface area contributed by atoms with Crippen molar-refractivity contribution in [3.8, 4) is 11.1 Å². The maximum absolute atomic E-state index is 12.9. The summed E-state index contributed by atoms with van der Waals surface area (Å²) in [5, 5.41) is 18.3. The lowest BCUT2D eigenvalue weighted by Crippen LogP contribution is -2.46. The molecule has 9 heteroatoms. The summed E-state index contributed by atoms with van der Waals surface area (Å²) in [7, 11) is 1.53. The van der Waals surface area contributed by atoms with Gasteiger partial charge in [0.25, 0.3) is 0 Å². The van der Waals surface area contributed by atoms with Crippen molar-refractivity contribution in [2.75, 3.05) is 11.9 Å². The highest BCUT2D eigenvalue weighted by Gasteiger charge is 2.38. The van der Waals surface area contributed by atoms with Gasteiger partial charge in [0.15, 0.2) is 5.69 Å². The van der Waals surface area contributed by atoms with E-state index in [9.17, 15) is 14.4 Å². The fourth-order valence-corrected chi connectivity index (χ4v) is 4.49. The van der Waals surface area contributed by atoms with Gasteiger partial charge < -0.3 is 20.5 Å². The number of fused-ring (bicyclic) bond motifs is 3. The molecule has 1 heterocycles. The van der Waals surface area contributed by atoms with Crippen LogP contribution in [0.4, 0.5) is 10.6 Å². The number of benzene rings is 2. The first-order valence-corrected chi connectivity index (χ1v) is 11.1. The molecule has 9 nitrogen and oxygen atoms in total. The minimum atomic E-state index is -1.19. The van der Waals surface area contributed by atoms with Gasteiger partial charge in [-0.3, -0.25) is 9.48 Å². The van der Waals surface area contributed by atoms with E-state index in [4.69, 9.17) is 9.84 Å². The number of aryl methyl sites for hydroxylation is 1. The molecular weight excluding hydrogens is 436 g/mol. The van der Waals surface area contributed by atoms with Crippen molar-refractivity contribution < 1.29 is 24.2 Å². The van der Waals surface area contributed by atoms with Gasteiger partial charge in [0.05, 0.1) is 0 Å². The Morgan fingerprint density at radius 2 is 1.71 bits per heavy atom. The molecule has 0 saturated heterocycles. The molecule has 3 N–H and O–H groups in total. The first-order chi connectivity index (χ1) is 16.4. The predicted molar refractivity (Wildman–Crippen MR) is 124 cm³/mol. The van der Waals surface area contributed by atoms with Gasteiger partial charge in [0, 0.05) is 19.0 Å². The summed E-state index contributed by atoms with van der Waals surface area (Å²) in [4.78, 5) is 36.7. The third-order valence-corrected chi connectivity index (χ3v) is 6.34. The van der Waals surface area contributed by atoms with Crippen molar-refractivity contribution in [3.05, 3.63) is 71.4 Å². The molecule has 1 saturated carbocycles. The number of hydrogen-bond donors (Lipinski definition) is 3. The number of nitrogens with zero attached hydrogens (tertiary/aromatic N) is 2. The quantitative estimate of drug-likeness (QED) is 0.497. The first kappa shape index (κ1) is 21.7. The number of carbonyl (C=O) groups excluding carboxylic acids is 2. The summed E-state index contributed by atoms with van der Waals surface area (Å²) in [5.41, 5.74) is 4.32. The lowest BCUT2D eigenvalue weighted by atomic mass is 9.98. The van der Waals surface area contributed by atoms with E-state index in [0.717, 1.165) is 35.1 Å². The van der Waals surface area contributed by atoms with Crippen LogP contribution in [0.15, 0.2) is 54.6 Å². The average Bonchev–Trinajstić information content (AvgIpc) is 3.53. The standard InChI is InChI=1S/C25H24N4O5/c1-29-21(12-20(28-29)24(31)32)26-23(30)22(14-10-11-14)27-25(33)34-13-19-17-8-4-2-6-15(17)16-7-3-5-9-18(16)19/h2-9,12,14,19,22H,10-11,13H2,1H3,(H,26,30)(H,27,33)(H,31,32). The van der Waals surface area contributed by atoms with E-state index in [0.29, 0.717) is 0 Å². The second kappa shape index (κ2) is 8.66. The van der Waals surface area contributed by atoms with E-state index in [1.807, 2.05) is 36.4 Å².